The van der Waals surface area contributed by atoms with Crippen LogP contribution in [0.25, 0.3) is 10.6 Å². The van der Waals surface area contributed by atoms with Crippen molar-refractivity contribution in [2.45, 2.75) is 13.5 Å². The number of hydrogen-bond acceptors (Lipinski definition) is 4. The molecule has 15 heavy (non-hydrogen) atoms. The van der Waals surface area contributed by atoms with Gasteiger partial charge < -0.3 is 5.73 Å². The Bertz CT molecular complexity index is 481. The number of nitrogens with two attached hydrogens (primary N) is 1. The molecule has 2 rings (SSSR count). The molecule has 0 aliphatic carbocycles. The molecule has 0 aliphatic heterocycles. The first-order chi connectivity index (χ1) is 7.20. The lowest BCUT2D eigenvalue weighted by molar-refractivity contribution is 0.960. The van der Waals surface area contributed by atoms with Crippen molar-refractivity contribution < 1.29 is 0 Å². The fourth-order valence-corrected chi connectivity index (χ4v) is 2.07. The summed E-state index contributed by atoms with van der Waals surface area (Å²) in [4.78, 5) is 0. The van der Waals surface area contributed by atoms with Crippen molar-refractivity contribution in [2.75, 3.05) is 0 Å². The number of benzene rings is 1. The number of halogens is 1. The van der Waals surface area contributed by atoms with E-state index in [1.165, 1.54) is 11.3 Å². The molecule has 0 radical (unpaired) electrons. The van der Waals surface area contributed by atoms with Crippen LogP contribution >= 0.6 is 22.9 Å². The lowest BCUT2D eigenvalue weighted by Gasteiger charge is -1.99. The molecule has 0 bridgehead atoms. The third-order valence-electron chi connectivity index (χ3n) is 2.06. The van der Waals surface area contributed by atoms with Crippen molar-refractivity contribution in [3.8, 4) is 10.6 Å². The smallest absolute Gasteiger partial charge is 0.147 e. The lowest BCUT2D eigenvalue weighted by Crippen LogP contribution is -1.94. The zero-order chi connectivity index (χ0) is 10.8. The van der Waals surface area contributed by atoms with Crippen LogP contribution in [0.5, 0.6) is 0 Å². The molecule has 0 saturated carbocycles. The minimum Gasteiger partial charge on any atom is -0.324 e. The van der Waals surface area contributed by atoms with E-state index in [9.17, 15) is 0 Å². The number of hydrogen-bond donors (Lipinski definition) is 1. The van der Waals surface area contributed by atoms with Crippen molar-refractivity contribution >= 4 is 22.9 Å². The molecule has 0 unspecified atom stereocenters. The topological polar surface area (TPSA) is 51.8 Å². The molecule has 0 spiro atoms. The first-order valence-corrected chi connectivity index (χ1v) is 5.69. The third kappa shape index (κ3) is 2.17. The molecule has 0 saturated heterocycles. The highest BCUT2D eigenvalue weighted by Crippen LogP contribution is 2.27. The molecule has 2 N–H and O–H groups in total. The Morgan fingerprint density at radius 2 is 2.20 bits per heavy atom. The van der Waals surface area contributed by atoms with Crippen LogP contribution in [0.15, 0.2) is 18.2 Å². The Labute approximate surface area is 96.9 Å². The first kappa shape index (κ1) is 10.5. The molecule has 5 heteroatoms. The Morgan fingerprint density at radius 3 is 2.80 bits per heavy atom. The van der Waals surface area contributed by atoms with E-state index in [0.717, 1.165) is 26.2 Å². The molecule has 0 amide bonds. The molecule has 0 fully saturated rings. The van der Waals surface area contributed by atoms with Gasteiger partial charge in [0, 0.05) is 17.1 Å². The van der Waals surface area contributed by atoms with E-state index in [0.29, 0.717) is 6.54 Å². The normalized spacial score (nSPS) is 10.6. The third-order valence-corrected chi connectivity index (χ3v) is 3.46. The number of nitrogens with zero attached hydrogens (tertiary/aromatic N) is 2. The summed E-state index contributed by atoms with van der Waals surface area (Å²) < 4.78 is 0. The van der Waals surface area contributed by atoms with Crippen molar-refractivity contribution in [1.82, 2.24) is 10.2 Å². The van der Waals surface area contributed by atoms with Crippen molar-refractivity contribution in [3.05, 3.63) is 33.8 Å². The molecule has 0 aliphatic rings. The summed E-state index contributed by atoms with van der Waals surface area (Å²) >= 11 is 7.53. The van der Waals surface area contributed by atoms with E-state index in [1.807, 2.05) is 25.1 Å². The predicted octanol–water partition coefficient (Wildman–Crippen LogP) is 2.63. The van der Waals surface area contributed by atoms with Gasteiger partial charge in [0.05, 0.1) is 0 Å². The Morgan fingerprint density at radius 1 is 1.40 bits per heavy atom. The van der Waals surface area contributed by atoms with Crippen LogP contribution in [0.4, 0.5) is 0 Å². The summed E-state index contributed by atoms with van der Waals surface area (Å²) in [5.41, 5.74) is 7.53. The maximum atomic E-state index is 6.04. The first-order valence-electron chi connectivity index (χ1n) is 4.49. The van der Waals surface area contributed by atoms with Gasteiger partial charge in [0.25, 0.3) is 0 Å². The second-order valence-corrected chi connectivity index (χ2v) is 4.64. The summed E-state index contributed by atoms with van der Waals surface area (Å²) in [7, 11) is 0. The van der Waals surface area contributed by atoms with E-state index in [-0.39, 0.29) is 0 Å². The van der Waals surface area contributed by atoms with Gasteiger partial charge in [-0.2, -0.15) is 0 Å². The average Bonchev–Trinajstić information content (AvgIpc) is 2.70. The second-order valence-electron chi connectivity index (χ2n) is 3.17. The Balaban J connectivity index is 2.40. The van der Waals surface area contributed by atoms with Gasteiger partial charge in [-0.05, 0) is 18.6 Å². The standard InChI is InChI=1S/C10H10ClN3S/c1-6-2-3-7(4-8(6)11)10-14-13-9(5-12)15-10/h2-4H,5,12H2,1H3. The van der Waals surface area contributed by atoms with E-state index in [1.54, 1.807) is 0 Å². The van der Waals surface area contributed by atoms with Crippen LogP contribution in [0, 0.1) is 6.92 Å². The molecule has 1 heterocycles. The maximum Gasteiger partial charge on any atom is 0.147 e. The van der Waals surface area contributed by atoms with Crippen molar-refractivity contribution in [3.63, 3.8) is 0 Å². The van der Waals surface area contributed by atoms with Crippen molar-refractivity contribution in [1.29, 1.82) is 0 Å². The highest BCUT2D eigenvalue weighted by Gasteiger charge is 2.06. The van der Waals surface area contributed by atoms with Gasteiger partial charge in [-0.25, -0.2) is 0 Å². The molecular formula is C10H10ClN3S. The highest BCUT2D eigenvalue weighted by atomic mass is 35.5. The molecule has 0 atom stereocenters. The summed E-state index contributed by atoms with van der Waals surface area (Å²) in [6.45, 7) is 2.40. The van der Waals surface area contributed by atoms with Gasteiger partial charge in [0.15, 0.2) is 0 Å². The maximum absolute atomic E-state index is 6.04. The number of aromatic nitrogens is 2. The van der Waals surface area contributed by atoms with Gasteiger partial charge in [0.1, 0.15) is 10.0 Å². The molecule has 1 aromatic carbocycles. The summed E-state index contributed by atoms with van der Waals surface area (Å²) in [6, 6.07) is 5.86. The van der Waals surface area contributed by atoms with Crippen LogP contribution in [0.2, 0.25) is 5.02 Å². The van der Waals surface area contributed by atoms with Gasteiger partial charge in [-0.15, -0.1) is 10.2 Å². The summed E-state index contributed by atoms with van der Waals surface area (Å²) in [5.74, 6) is 0. The van der Waals surface area contributed by atoms with Gasteiger partial charge in [-0.3, -0.25) is 0 Å². The minimum atomic E-state index is 0.428. The van der Waals surface area contributed by atoms with Crippen molar-refractivity contribution in [2.24, 2.45) is 5.73 Å². The second kappa shape index (κ2) is 4.26. The molecule has 3 nitrogen and oxygen atoms in total. The highest BCUT2D eigenvalue weighted by molar-refractivity contribution is 7.14. The van der Waals surface area contributed by atoms with Crippen LogP contribution in [-0.4, -0.2) is 10.2 Å². The van der Waals surface area contributed by atoms with E-state index in [4.69, 9.17) is 17.3 Å². The zero-order valence-corrected chi connectivity index (χ0v) is 9.77. The summed E-state index contributed by atoms with van der Waals surface area (Å²) in [5, 5.41) is 10.5. The Hall–Kier alpha value is -0.970. The molecule has 2 aromatic rings. The van der Waals surface area contributed by atoms with Crippen LogP contribution in [0.1, 0.15) is 10.6 Å². The molecule has 1 aromatic heterocycles. The van der Waals surface area contributed by atoms with Gasteiger partial charge in [0.2, 0.25) is 0 Å². The summed E-state index contributed by atoms with van der Waals surface area (Å²) in [6.07, 6.45) is 0. The largest absolute Gasteiger partial charge is 0.324 e. The quantitative estimate of drug-likeness (QED) is 0.877. The average molecular weight is 240 g/mol. The van der Waals surface area contributed by atoms with E-state index < -0.39 is 0 Å². The lowest BCUT2D eigenvalue weighted by atomic mass is 10.2. The molecule has 78 valence electrons. The van der Waals surface area contributed by atoms with Gasteiger partial charge in [-0.1, -0.05) is 35.1 Å². The fourth-order valence-electron chi connectivity index (χ4n) is 1.18. The van der Waals surface area contributed by atoms with E-state index >= 15 is 0 Å². The zero-order valence-electron chi connectivity index (χ0n) is 8.20. The van der Waals surface area contributed by atoms with Crippen LogP contribution in [0.3, 0.4) is 0 Å². The Kier molecular flexibility index (Phi) is 3.00. The van der Waals surface area contributed by atoms with Crippen LogP contribution < -0.4 is 5.73 Å². The fraction of sp³-hybridized carbons (Fsp3) is 0.200. The van der Waals surface area contributed by atoms with Gasteiger partial charge >= 0.3 is 0 Å². The number of aryl methyl sites for hydroxylation is 1. The molecular weight excluding hydrogens is 230 g/mol. The monoisotopic (exact) mass is 239 g/mol. The van der Waals surface area contributed by atoms with E-state index in [2.05, 4.69) is 10.2 Å². The van der Waals surface area contributed by atoms with Crippen LogP contribution in [-0.2, 0) is 6.54 Å². The SMILES string of the molecule is Cc1ccc(-c2nnc(CN)s2)cc1Cl. The number of rotatable bonds is 2. The predicted molar refractivity (Wildman–Crippen MR) is 63.0 cm³/mol. The minimum absolute atomic E-state index is 0.428.